The smallest absolute Gasteiger partial charge is 0.322 e. The zero-order valence-corrected chi connectivity index (χ0v) is 15.5. The highest BCUT2D eigenvalue weighted by atomic mass is 32.1. The van der Waals surface area contributed by atoms with Crippen LogP contribution in [-0.4, -0.2) is 37.4 Å². The van der Waals surface area contributed by atoms with Crippen molar-refractivity contribution in [2.24, 2.45) is 0 Å². The molecule has 0 aliphatic heterocycles. The molecule has 2 aromatic rings. The van der Waals surface area contributed by atoms with E-state index < -0.39 is 12.0 Å². The number of hydrogen-bond donors (Lipinski definition) is 2. The molecule has 0 aliphatic carbocycles. The van der Waals surface area contributed by atoms with Gasteiger partial charge >= 0.3 is 11.9 Å². The lowest BCUT2D eigenvalue weighted by molar-refractivity contribution is -0.143. The maximum atomic E-state index is 12.7. The first kappa shape index (κ1) is 20.0. The summed E-state index contributed by atoms with van der Waals surface area (Å²) in [5.41, 5.74) is 0.815. The Hall–Kier alpha value is -2.31. The highest BCUT2D eigenvalue weighted by molar-refractivity contribution is 7.80. The van der Waals surface area contributed by atoms with Gasteiger partial charge in [-0.15, -0.1) is 0 Å². The third-order valence-electron chi connectivity index (χ3n) is 3.92. The molecular formula is C20H23NO4S. The number of methoxy groups -OCH3 is 1. The van der Waals surface area contributed by atoms with E-state index in [0.29, 0.717) is 17.9 Å². The molecule has 0 aliphatic rings. The topological polar surface area (TPSA) is 64.6 Å². The summed E-state index contributed by atoms with van der Waals surface area (Å²) < 4.78 is 10.3. The summed E-state index contributed by atoms with van der Waals surface area (Å²) in [5, 5.41) is 3.11. The molecule has 26 heavy (non-hydrogen) atoms. The van der Waals surface area contributed by atoms with Gasteiger partial charge in [0.1, 0.15) is 11.8 Å². The van der Waals surface area contributed by atoms with Gasteiger partial charge in [0.15, 0.2) is 0 Å². The van der Waals surface area contributed by atoms with Crippen LogP contribution < -0.4 is 10.1 Å². The van der Waals surface area contributed by atoms with E-state index in [9.17, 15) is 9.59 Å². The van der Waals surface area contributed by atoms with Crippen molar-refractivity contribution in [3.05, 3.63) is 66.2 Å². The molecule has 2 rings (SSSR count). The number of rotatable bonds is 9. The number of esters is 2. The number of thiol groups is 1. The van der Waals surface area contributed by atoms with Crippen LogP contribution in [0.15, 0.2) is 60.7 Å². The average Bonchev–Trinajstić information content (AvgIpc) is 2.68. The lowest BCUT2D eigenvalue weighted by atomic mass is 9.98. The highest BCUT2D eigenvalue weighted by Gasteiger charge is 2.26. The fraction of sp³-hybridized carbons (Fsp3) is 0.300. The molecule has 0 radical (unpaired) electrons. The Morgan fingerprint density at radius 1 is 1.00 bits per heavy atom. The normalized spacial score (nSPS) is 12.8. The van der Waals surface area contributed by atoms with E-state index in [0.717, 1.165) is 5.56 Å². The molecule has 2 atom stereocenters. The maximum Gasteiger partial charge on any atom is 0.322 e. The number of carbonyl (C=O) groups is 2. The monoisotopic (exact) mass is 373 g/mol. The molecule has 0 fully saturated rings. The molecule has 1 N–H and O–H groups in total. The third kappa shape index (κ3) is 5.89. The van der Waals surface area contributed by atoms with Crippen LogP contribution in [0.3, 0.4) is 0 Å². The molecule has 0 heterocycles. The van der Waals surface area contributed by atoms with Gasteiger partial charge in [-0.1, -0.05) is 48.5 Å². The summed E-state index contributed by atoms with van der Waals surface area (Å²) in [6.07, 6.45) is 0.505. The summed E-state index contributed by atoms with van der Waals surface area (Å²) in [6, 6.07) is 17.7. The molecule has 0 amide bonds. The predicted octanol–water partition coefficient (Wildman–Crippen LogP) is 2.83. The molecule has 0 spiro atoms. The van der Waals surface area contributed by atoms with Crippen LogP contribution in [0.5, 0.6) is 5.75 Å². The fourth-order valence-electron chi connectivity index (χ4n) is 2.53. The molecule has 0 saturated carbocycles. The number of carbonyl (C=O) groups excluding carboxylic acids is 2. The molecule has 138 valence electrons. The van der Waals surface area contributed by atoms with E-state index in [1.165, 1.54) is 7.11 Å². The Kier molecular flexibility index (Phi) is 8.18. The van der Waals surface area contributed by atoms with E-state index in [4.69, 9.17) is 9.47 Å². The summed E-state index contributed by atoms with van der Waals surface area (Å²) in [5.74, 6) is -0.300. The number of ether oxygens (including phenoxy) is 2. The molecule has 1 unspecified atom stereocenters. The number of para-hydroxylation sites is 1. The van der Waals surface area contributed by atoms with E-state index in [-0.39, 0.29) is 18.5 Å². The van der Waals surface area contributed by atoms with Crippen LogP contribution in [0.25, 0.3) is 0 Å². The predicted molar refractivity (Wildman–Crippen MR) is 104 cm³/mol. The van der Waals surface area contributed by atoms with Gasteiger partial charge in [-0.3, -0.25) is 9.59 Å². The van der Waals surface area contributed by atoms with E-state index in [1.807, 2.05) is 36.4 Å². The molecule has 0 saturated heterocycles. The van der Waals surface area contributed by atoms with Gasteiger partial charge in [0.2, 0.25) is 0 Å². The molecular weight excluding hydrogens is 350 g/mol. The van der Waals surface area contributed by atoms with Crippen LogP contribution in [-0.2, 0) is 14.3 Å². The zero-order chi connectivity index (χ0) is 18.8. The van der Waals surface area contributed by atoms with Gasteiger partial charge in [0, 0.05) is 6.54 Å². The number of nitrogens with one attached hydrogen (secondary N) is 1. The lowest BCUT2D eigenvalue weighted by Gasteiger charge is -2.21. The van der Waals surface area contributed by atoms with Crippen LogP contribution in [0, 0.1) is 0 Å². The van der Waals surface area contributed by atoms with Gasteiger partial charge in [0.25, 0.3) is 0 Å². The van der Waals surface area contributed by atoms with Crippen molar-refractivity contribution in [3.8, 4) is 5.75 Å². The first-order chi connectivity index (χ1) is 12.7. The van der Waals surface area contributed by atoms with Gasteiger partial charge in [-0.25, -0.2) is 0 Å². The van der Waals surface area contributed by atoms with E-state index >= 15 is 0 Å². The Bertz CT molecular complexity index is 693. The highest BCUT2D eigenvalue weighted by Crippen LogP contribution is 2.19. The van der Waals surface area contributed by atoms with Crippen molar-refractivity contribution in [3.63, 3.8) is 0 Å². The Morgan fingerprint density at radius 2 is 1.62 bits per heavy atom. The zero-order valence-electron chi connectivity index (χ0n) is 14.6. The van der Waals surface area contributed by atoms with Crippen LogP contribution >= 0.6 is 12.6 Å². The Morgan fingerprint density at radius 3 is 2.19 bits per heavy atom. The molecule has 2 aromatic carbocycles. The molecule has 6 heteroatoms. The summed E-state index contributed by atoms with van der Waals surface area (Å²) in [4.78, 5) is 24.6. The van der Waals surface area contributed by atoms with Crippen LogP contribution in [0.4, 0.5) is 0 Å². The minimum Gasteiger partial charge on any atom is -0.468 e. The van der Waals surface area contributed by atoms with Crippen molar-refractivity contribution in [2.45, 2.75) is 18.4 Å². The van der Waals surface area contributed by atoms with Crippen molar-refractivity contribution in [2.75, 3.05) is 19.4 Å². The maximum absolute atomic E-state index is 12.7. The van der Waals surface area contributed by atoms with Crippen LogP contribution in [0.2, 0.25) is 0 Å². The summed E-state index contributed by atoms with van der Waals surface area (Å²) >= 11 is 4.18. The third-order valence-corrected chi connectivity index (χ3v) is 4.18. The molecule has 5 nitrogen and oxygen atoms in total. The van der Waals surface area contributed by atoms with Gasteiger partial charge in [0.05, 0.1) is 13.0 Å². The summed E-state index contributed by atoms with van der Waals surface area (Å²) in [6.45, 7) is 0.253. The average molecular weight is 373 g/mol. The Labute approximate surface area is 159 Å². The first-order valence-electron chi connectivity index (χ1n) is 8.39. The standard InChI is InChI=1S/C20H23NO4S/c1-24-20(23)18(12-13-26)21-14-17(15-8-4-2-5-9-15)19(22)25-16-10-6-3-7-11-16/h2-11,17-18,21,26H,12-14H2,1H3/t17?,18-/m0/s1. The molecule has 0 aromatic heterocycles. The molecule has 0 bridgehead atoms. The van der Waals surface area contributed by atoms with Crippen molar-refractivity contribution < 1.29 is 19.1 Å². The van der Waals surface area contributed by atoms with E-state index in [1.54, 1.807) is 24.3 Å². The Balaban J connectivity index is 2.13. The lowest BCUT2D eigenvalue weighted by Crippen LogP contribution is -2.42. The largest absolute Gasteiger partial charge is 0.468 e. The SMILES string of the molecule is COC(=O)[C@H](CCS)NCC(C(=O)Oc1ccccc1)c1ccccc1. The summed E-state index contributed by atoms with van der Waals surface area (Å²) in [7, 11) is 1.34. The van der Waals surface area contributed by atoms with E-state index in [2.05, 4.69) is 17.9 Å². The minimum absolute atomic E-state index is 0.253. The van der Waals surface area contributed by atoms with Crippen LogP contribution in [0.1, 0.15) is 17.9 Å². The second-order valence-corrected chi connectivity index (χ2v) is 6.14. The van der Waals surface area contributed by atoms with Gasteiger partial charge in [-0.2, -0.15) is 12.6 Å². The number of benzene rings is 2. The second-order valence-electron chi connectivity index (χ2n) is 5.69. The second kappa shape index (κ2) is 10.6. The van der Waals surface area contributed by atoms with Crippen molar-refractivity contribution in [1.29, 1.82) is 0 Å². The minimum atomic E-state index is -0.552. The van der Waals surface area contributed by atoms with Crippen molar-refractivity contribution in [1.82, 2.24) is 5.32 Å². The van der Waals surface area contributed by atoms with Gasteiger partial charge < -0.3 is 14.8 Å². The first-order valence-corrected chi connectivity index (χ1v) is 9.02. The van der Waals surface area contributed by atoms with Crippen molar-refractivity contribution >= 4 is 24.6 Å². The number of hydrogen-bond acceptors (Lipinski definition) is 6. The van der Waals surface area contributed by atoms with Gasteiger partial charge in [-0.05, 0) is 29.9 Å². The fourth-order valence-corrected chi connectivity index (χ4v) is 2.79. The quantitative estimate of drug-likeness (QED) is 0.402.